The average molecular weight is 392 g/mol. The summed E-state index contributed by atoms with van der Waals surface area (Å²) in [4.78, 5) is 39.8. The van der Waals surface area contributed by atoms with Crippen LogP contribution < -0.4 is 10.7 Å². The van der Waals surface area contributed by atoms with Crippen molar-refractivity contribution in [2.24, 2.45) is 0 Å². The van der Waals surface area contributed by atoms with Crippen molar-refractivity contribution in [2.75, 3.05) is 0 Å². The van der Waals surface area contributed by atoms with Gasteiger partial charge in [0.15, 0.2) is 11.5 Å². The van der Waals surface area contributed by atoms with Gasteiger partial charge in [-0.1, -0.05) is 42.5 Å². The number of carbonyl (C=O) groups is 2. The van der Waals surface area contributed by atoms with Crippen LogP contribution in [0.5, 0.6) is 0 Å². The molecule has 0 saturated heterocycles. The number of H-pyrrole nitrogens is 1. The molecule has 1 amide bonds. The number of rotatable bonds is 7. The topological polar surface area (TPSA) is 88.3 Å². The molecule has 0 aliphatic carbocycles. The number of para-hydroxylation sites is 1. The summed E-state index contributed by atoms with van der Waals surface area (Å²) in [6.07, 6.45) is 0.639. The Morgan fingerprint density at radius 2 is 1.72 bits per heavy atom. The number of ether oxygens (including phenoxy) is 1. The largest absolute Gasteiger partial charge is 0.448 e. The molecular weight excluding hydrogens is 368 g/mol. The summed E-state index contributed by atoms with van der Waals surface area (Å²) < 4.78 is 5.24. The van der Waals surface area contributed by atoms with Crippen molar-refractivity contribution in [3.63, 3.8) is 0 Å². The van der Waals surface area contributed by atoms with Crippen LogP contribution in [0.2, 0.25) is 0 Å². The molecule has 6 heteroatoms. The lowest BCUT2D eigenvalue weighted by Gasteiger charge is -2.18. The minimum Gasteiger partial charge on any atom is -0.448 e. The summed E-state index contributed by atoms with van der Waals surface area (Å²) in [5.41, 5.74) is 1.48. The van der Waals surface area contributed by atoms with Crippen LogP contribution in [0.4, 0.5) is 0 Å². The maximum atomic E-state index is 12.4. The molecule has 0 aliphatic heterocycles. The van der Waals surface area contributed by atoms with Gasteiger partial charge in [0.2, 0.25) is 0 Å². The molecule has 1 aromatic heterocycles. The van der Waals surface area contributed by atoms with Crippen LogP contribution in [0.3, 0.4) is 0 Å². The fourth-order valence-electron chi connectivity index (χ4n) is 3.04. The number of esters is 1. The molecule has 6 nitrogen and oxygen atoms in total. The number of benzene rings is 2. The van der Waals surface area contributed by atoms with Gasteiger partial charge in [0.05, 0.1) is 0 Å². The number of aromatic amines is 1. The van der Waals surface area contributed by atoms with Crippen molar-refractivity contribution in [1.29, 1.82) is 0 Å². The number of fused-ring (bicyclic) bond motifs is 1. The second-order valence-electron chi connectivity index (χ2n) is 7.07. The number of hydrogen-bond donors (Lipinski definition) is 2. The van der Waals surface area contributed by atoms with Crippen molar-refractivity contribution in [1.82, 2.24) is 10.3 Å². The Morgan fingerprint density at radius 1 is 1.03 bits per heavy atom. The Morgan fingerprint density at radius 3 is 2.48 bits per heavy atom. The van der Waals surface area contributed by atoms with Crippen molar-refractivity contribution in [3.8, 4) is 0 Å². The Balaban J connectivity index is 1.56. The zero-order valence-corrected chi connectivity index (χ0v) is 16.5. The lowest BCUT2D eigenvalue weighted by Crippen LogP contribution is -2.41. The van der Waals surface area contributed by atoms with E-state index in [4.69, 9.17) is 4.74 Å². The number of nitrogens with one attached hydrogen (secondary N) is 2. The number of amides is 1. The summed E-state index contributed by atoms with van der Waals surface area (Å²) >= 11 is 0. The molecule has 3 aromatic rings. The fraction of sp³-hybridized carbons (Fsp3) is 0.261. The molecule has 2 N–H and O–H groups in total. The highest BCUT2D eigenvalue weighted by atomic mass is 16.5. The quantitative estimate of drug-likeness (QED) is 0.605. The first kappa shape index (κ1) is 20.3. The Labute approximate surface area is 168 Å². The summed E-state index contributed by atoms with van der Waals surface area (Å²) in [5.74, 6) is -1.12. The molecule has 0 aliphatic rings. The van der Waals surface area contributed by atoms with E-state index >= 15 is 0 Å². The molecular formula is C23H24N2O4. The van der Waals surface area contributed by atoms with Crippen molar-refractivity contribution >= 4 is 22.8 Å². The van der Waals surface area contributed by atoms with Crippen LogP contribution in [0.15, 0.2) is 65.5 Å². The van der Waals surface area contributed by atoms with Gasteiger partial charge >= 0.3 is 5.97 Å². The van der Waals surface area contributed by atoms with Crippen molar-refractivity contribution in [2.45, 2.75) is 38.8 Å². The van der Waals surface area contributed by atoms with Gasteiger partial charge < -0.3 is 15.0 Å². The highest BCUT2D eigenvalue weighted by Gasteiger charge is 2.21. The van der Waals surface area contributed by atoms with E-state index in [1.54, 1.807) is 24.3 Å². The molecule has 150 valence electrons. The SMILES string of the molecule is C[C@H](CCc1ccccc1)NC(=O)[C@H](C)OC(=O)c1cc(=O)c2ccccc2[nH]1. The second kappa shape index (κ2) is 9.19. The predicted molar refractivity (Wildman–Crippen MR) is 112 cm³/mol. The molecule has 2 aromatic carbocycles. The Bertz CT molecular complexity index is 1060. The van der Waals surface area contributed by atoms with E-state index in [0.29, 0.717) is 10.9 Å². The molecule has 0 saturated carbocycles. The molecule has 0 radical (unpaired) electrons. The van der Waals surface area contributed by atoms with Crippen molar-refractivity contribution < 1.29 is 14.3 Å². The van der Waals surface area contributed by atoms with E-state index in [-0.39, 0.29) is 23.1 Å². The van der Waals surface area contributed by atoms with E-state index in [2.05, 4.69) is 10.3 Å². The number of aryl methyl sites for hydroxylation is 1. The van der Waals surface area contributed by atoms with Crippen LogP contribution in [-0.4, -0.2) is 29.0 Å². The first-order valence-electron chi connectivity index (χ1n) is 9.61. The summed E-state index contributed by atoms with van der Waals surface area (Å²) in [5, 5.41) is 3.35. The highest BCUT2D eigenvalue weighted by molar-refractivity contribution is 5.93. The van der Waals surface area contributed by atoms with Gasteiger partial charge in [-0.15, -0.1) is 0 Å². The molecule has 1 heterocycles. The van der Waals surface area contributed by atoms with Crippen LogP contribution in [0.1, 0.15) is 36.3 Å². The molecule has 2 atom stereocenters. The van der Waals surface area contributed by atoms with Crippen molar-refractivity contribution in [3.05, 3.63) is 82.1 Å². The normalized spacial score (nSPS) is 12.9. The van der Waals surface area contributed by atoms with Gasteiger partial charge in [-0.3, -0.25) is 9.59 Å². The third-order valence-corrected chi connectivity index (χ3v) is 4.71. The summed E-state index contributed by atoms with van der Waals surface area (Å²) in [6.45, 7) is 3.42. The second-order valence-corrected chi connectivity index (χ2v) is 7.07. The number of pyridine rings is 1. The predicted octanol–water partition coefficient (Wildman–Crippen LogP) is 3.21. The minimum atomic E-state index is -0.975. The van der Waals surface area contributed by atoms with E-state index < -0.39 is 12.1 Å². The summed E-state index contributed by atoms with van der Waals surface area (Å²) in [7, 11) is 0. The standard InChI is InChI=1S/C23H24N2O4/c1-15(12-13-17-8-4-3-5-9-17)24-22(27)16(2)29-23(28)20-14-21(26)18-10-6-7-11-19(18)25-20/h3-11,14-16H,12-13H2,1-2H3,(H,24,27)(H,25,26)/t15-,16+/m1/s1. The lowest BCUT2D eigenvalue weighted by molar-refractivity contribution is -0.129. The summed E-state index contributed by atoms with van der Waals surface area (Å²) in [6, 6.07) is 18.0. The molecule has 3 rings (SSSR count). The van der Waals surface area contributed by atoms with E-state index in [0.717, 1.165) is 12.8 Å². The number of aromatic nitrogens is 1. The average Bonchev–Trinajstić information content (AvgIpc) is 2.73. The number of carbonyl (C=O) groups excluding carboxylic acids is 2. The maximum absolute atomic E-state index is 12.4. The smallest absolute Gasteiger partial charge is 0.355 e. The van der Waals surface area contributed by atoms with E-state index in [1.165, 1.54) is 18.6 Å². The Kier molecular flexibility index (Phi) is 6.44. The monoisotopic (exact) mass is 392 g/mol. The molecule has 0 unspecified atom stereocenters. The van der Waals surface area contributed by atoms with Gasteiger partial charge in [-0.25, -0.2) is 4.79 Å². The van der Waals surface area contributed by atoms with Gasteiger partial charge in [0.1, 0.15) is 5.69 Å². The maximum Gasteiger partial charge on any atom is 0.355 e. The van der Waals surface area contributed by atoms with Gasteiger partial charge in [-0.2, -0.15) is 0 Å². The van der Waals surface area contributed by atoms with Gasteiger partial charge in [0, 0.05) is 23.0 Å². The first-order chi connectivity index (χ1) is 13.9. The minimum absolute atomic E-state index is 0.0190. The van der Waals surface area contributed by atoms with E-state index in [9.17, 15) is 14.4 Å². The van der Waals surface area contributed by atoms with Gasteiger partial charge in [-0.05, 0) is 44.4 Å². The van der Waals surface area contributed by atoms with Crippen LogP contribution in [0, 0.1) is 0 Å². The highest BCUT2D eigenvalue weighted by Crippen LogP contribution is 2.09. The third-order valence-electron chi connectivity index (χ3n) is 4.71. The van der Waals surface area contributed by atoms with Crippen LogP contribution >= 0.6 is 0 Å². The van der Waals surface area contributed by atoms with Gasteiger partial charge in [0.25, 0.3) is 5.91 Å². The first-order valence-corrected chi connectivity index (χ1v) is 9.61. The number of hydrogen-bond acceptors (Lipinski definition) is 4. The lowest BCUT2D eigenvalue weighted by atomic mass is 10.1. The van der Waals surface area contributed by atoms with Crippen LogP contribution in [-0.2, 0) is 16.0 Å². The molecule has 0 spiro atoms. The molecule has 29 heavy (non-hydrogen) atoms. The van der Waals surface area contributed by atoms with E-state index in [1.807, 2.05) is 37.3 Å². The molecule has 0 bridgehead atoms. The fourth-order valence-corrected chi connectivity index (χ4v) is 3.04. The Hall–Kier alpha value is -3.41. The zero-order chi connectivity index (χ0) is 20.8. The molecule has 0 fully saturated rings. The van der Waals surface area contributed by atoms with Crippen LogP contribution in [0.25, 0.3) is 10.9 Å². The zero-order valence-electron chi connectivity index (χ0n) is 16.5. The third kappa shape index (κ3) is 5.31.